The Hall–Kier alpha value is -0.770. The molecule has 2 N–H and O–H groups in total. The summed E-state index contributed by atoms with van der Waals surface area (Å²) >= 11 is 11.9. The average molecular weight is 290 g/mol. The Kier molecular flexibility index (Phi) is 5.93. The first-order valence-corrected chi connectivity index (χ1v) is 6.58. The number of rotatable bonds is 5. The van der Waals surface area contributed by atoms with Gasteiger partial charge in [0, 0.05) is 12.6 Å². The second kappa shape index (κ2) is 6.98. The molecule has 0 saturated carbocycles. The standard InChI is InChI=1S/C13H17Cl2NO2/c1-8(2)11(6-7-17)16-13(18)9-4-3-5-10(14)12(9)15/h3-5,8,11,17H,6-7H2,1-2H3,(H,16,18). The lowest BCUT2D eigenvalue weighted by Crippen LogP contribution is -2.39. The molecule has 3 nitrogen and oxygen atoms in total. The van der Waals surface area contributed by atoms with Crippen LogP contribution in [0.2, 0.25) is 10.0 Å². The molecule has 0 spiro atoms. The van der Waals surface area contributed by atoms with Gasteiger partial charge in [0.15, 0.2) is 0 Å². The van der Waals surface area contributed by atoms with Crippen LogP contribution in [0.15, 0.2) is 18.2 Å². The van der Waals surface area contributed by atoms with Gasteiger partial charge < -0.3 is 10.4 Å². The zero-order valence-corrected chi connectivity index (χ0v) is 11.9. The van der Waals surface area contributed by atoms with Gasteiger partial charge in [-0.1, -0.05) is 43.1 Å². The number of amides is 1. The number of carbonyl (C=O) groups excluding carboxylic acids is 1. The third-order valence-corrected chi connectivity index (χ3v) is 3.58. The Morgan fingerprint density at radius 3 is 2.61 bits per heavy atom. The number of hydrogen-bond donors (Lipinski definition) is 2. The zero-order valence-electron chi connectivity index (χ0n) is 10.4. The van der Waals surface area contributed by atoms with Gasteiger partial charge in [0.1, 0.15) is 0 Å². The minimum absolute atomic E-state index is 0.0341. The van der Waals surface area contributed by atoms with Crippen molar-refractivity contribution in [1.29, 1.82) is 0 Å². The molecule has 0 saturated heterocycles. The van der Waals surface area contributed by atoms with Gasteiger partial charge in [0.05, 0.1) is 15.6 Å². The Labute approximate surface area is 117 Å². The van der Waals surface area contributed by atoms with Crippen LogP contribution in [0.1, 0.15) is 30.6 Å². The minimum Gasteiger partial charge on any atom is -0.396 e. The van der Waals surface area contributed by atoms with Crippen LogP contribution in [0.25, 0.3) is 0 Å². The SMILES string of the molecule is CC(C)C(CCO)NC(=O)c1cccc(Cl)c1Cl. The lowest BCUT2D eigenvalue weighted by Gasteiger charge is -2.21. The van der Waals surface area contributed by atoms with Crippen molar-refractivity contribution in [2.45, 2.75) is 26.3 Å². The van der Waals surface area contributed by atoms with Gasteiger partial charge in [-0.15, -0.1) is 0 Å². The summed E-state index contributed by atoms with van der Waals surface area (Å²) < 4.78 is 0. The van der Waals surface area contributed by atoms with E-state index in [1.165, 1.54) is 0 Å². The smallest absolute Gasteiger partial charge is 0.253 e. The molecule has 18 heavy (non-hydrogen) atoms. The normalized spacial score (nSPS) is 12.6. The number of benzene rings is 1. The van der Waals surface area contributed by atoms with Crippen LogP contribution in [0.4, 0.5) is 0 Å². The van der Waals surface area contributed by atoms with E-state index in [2.05, 4.69) is 5.32 Å². The second-order valence-corrected chi connectivity index (χ2v) is 5.22. The molecule has 0 radical (unpaired) electrons. The maximum atomic E-state index is 12.1. The quantitative estimate of drug-likeness (QED) is 0.875. The third kappa shape index (κ3) is 3.87. The highest BCUT2D eigenvalue weighted by atomic mass is 35.5. The van der Waals surface area contributed by atoms with E-state index < -0.39 is 0 Å². The molecule has 0 aliphatic rings. The zero-order chi connectivity index (χ0) is 13.7. The summed E-state index contributed by atoms with van der Waals surface area (Å²) in [4.78, 5) is 12.1. The fraction of sp³-hybridized carbons (Fsp3) is 0.462. The maximum absolute atomic E-state index is 12.1. The van der Waals surface area contributed by atoms with Crippen molar-refractivity contribution in [3.05, 3.63) is 33.8 Å². The highest BCUT2D eigenvalue weighted by Gasteiger charge is 2.19. The molecule has 0 aliphatic carbocycles. The molecule has 1 unspecified atom stereocenters. The van der Waals surface area contributed by atoms with Crippen molar-refractivity contribution in [3.8, 4) is 0 Å². The van der Waals surface area contributed by atoms with Crippen LogP contribution in [-0.4, -0.2) is 23.7 Å². The molecule has 5 heteroatoms. The summed E-state index contributed by atoms with van der Waals surface area (Å²) in [5.41, 5.74) is 0.354. The summed E-state index contributed by atoms with van der Waals surface area (Å²) in [6.07, 6.45) is 0.515. The van der Waals surface area contributed by atoms with Gasteiger partial charge in [0.2, 0.25) is 0 Å². The van der Waals surface area contributed by atoms with Crippen molar-refractivity contribution >= 4 is 29.1 Å². The van der Waals surface area contributed by atoms with Crippen molar-refractivity contribution in [2.24, 2.45) is 5.92 Å². The molecule has 0 bridgehead atoms. The Balaban J connectivity index is 2.84. The number of carbonyl (C=O) groups is 1. The van der Waals surface area contributed by atoms with Gasteiger partial charge in [-0.05, 0) is 24.5 Å². The first-order valence-electron chi connectivity index (χ1n) is 5.83. The maximum Gasteiger partial charge on any atom is 0.253 e. The van der Waals surface area contributed by atoms with Crippen LogP contribution in [0.5, 0.6) is 0 Å². The Morgan fingerprint density at radius 1 is 1.39 bits per heavy atom. The molecule has 1 atom stereocenters. The van der Waals surface area contributed by atoms with Crippen molar-refractivity contribution in [2.75, 3.05) is 6.61 Å². The van der Waals surface area contributed by atoms with Crippen LogP contribution < -0.4 is 5.32 Å². The largest absolute Gasteiger partial charge is 0.396 e. The number of aliphatic hydroxyl groups excluding tert-OH is 1. The molecule has 0 aromatic heterocycles. The fourth-order valence-corrected chi connectivity index (χ4v) is 2.02. The molecule has 1 aromatic rings. The second-order valence-electron chi connectivity index (χ2n) is 4.44. The lowest BCUT2D eigenvalue weighted by molar-refractivity contribution is 0.0917. The van der Waals surface area contributed by atoms with Gasteiger partial charge in [-0.3, -0.25) is 4.79 Å². The van der Waals surface area contributed by atoms with E-state index >= 15 is 0 Å². The van der Waals surface area contributed by atoms with Gasteiger partial charge in [0.25, 0.3) is 5.91 Å². The third-order valence-electron chi connectivity index (χ3n) is 2.76. The predicted molar refractivity (Wildman–Crippen MR) is 74.3 cm³/mol. The molecule has 1 amide bonds. The molecule has 0 fully saturated rings. The van der Waals surface area contributed by atoms with E-state index in [1.54, 1.807) is 18.2 Å². The summed E-state index contributed by atoms with van der Waals surface area (Å²) in [6, 6.07) is 4.85. The van der Waals surface area contributed by atoms with Crippen LogP contribution in [0.3, 0.4) is 0 Å². The topological polar surface area (TPSA) is 49.3 Å². The van der Waals surface area contributed by atoms with E-state index in [0.29, 0.717) is 17.0 Å². The van der Waals surface area contributed by atoms with Gasteiger partial charge >= 0.3 is 0 Å². The van der Waals surface area contributed by atoms with Gasteiger partial charge in [-0.25, -0.2) is 0 Å². The van der Waals surface area contributed by atoms with E-state index in [0.717, 1.165) is 0 Å². The first-order chi connectivity index (χ1) is 8.47. The van der Waals surface area contributed by atoms with Crippen molar-refractivity contribution in [1.82, 2.24) is 5.32 Å². The van der Waals surface area contributed by atoms with E-state index in [-0.39, 0.29) is 29.5 Å². The summed E-state index contributed by atoms with van der Waals surface area (Å²) in [5.74, 6) is -0.0336. The summed E-state index contributed by atoms with van der Waals surface area (Å²) in [7, 11) is 0. The van der Waals surface area contributed by atoms with Crippen molar-refractivity contribution in [3.63, 3.8) is 0 Å². The fourth-order valence-electron chi connectivity index (χ4n) is 1.64. The highest BCUT2D eigenvalue weighted by molar-refractivity contribution is 6.43. The monoisotopic (exact) mass is 289 g/mol. The first kappa shape index (κ1) is 15.3. The minimum atomic E-state index is -0.269. The molecular weight excluding hydrogens is 273 g/mol. The Bertz CT molecular complexity index is 421. The predicted octanol–water partition coefficient (Wildman–Crippen LogP) is 3.13. The molecule has 0 aliphatic heterocycles. The van der Waals surface area contributed by atoms with E-state index in [4.69, 9.17) is 28.3 Å². The van der Waals surface area contributed by atoms with E-state index in [1.807, 2.05) is 13.8 Å². The summed E-state index contributed by atoms with van der Waals surface area (Å²) in [5, 5.41) is 12.4. The molecular formula is C13H17Cl2NO2. The molecule has 0 heterocycles. The number of hydrogen-bond acceptors (Lipinski definition) is 2. The van der Waals surface area contributed by atoms with E-state index in [9.17, 15) is 4.79 Å². The van der Waals surface area contributed by atoms with Crippen LogP contribution in [0, 0.1) is 5.92 Å². The summed E-state index contributed by atoms with van der Waals surface area (Å²) in [6.45, 7) is 4.01. The van der Waals surface area contributed by atoms with Crippen molar-refractivity contribution < 1.29 is 9.90 Å². The number of halogens is 2. The number of aliphatic hydroxyl groups is 1. The lowest BCUT2D eigenvalue weighted by atomic mass is 10.0. The molecule has 1 rings (SSSR count). The van der Waals surface area contributed by atoms with Crippen LogP contribution >= 0.6 is 23.2 Å². The van der Waals surface area contributed by atoms with Crippen LogP contribution in [-0.2, 0) is 0 Å². The highest BCUT2D eigenvalue weighted by Crippen LogP contribution is 2.25. The molecule has 100 valence electrons. The Morgan fingerprint density at radius 2 is 2.06 bits per heavy atom. The molecule has 1 aromatic carbocycles. The average Bonchev–Trinajstić information content (AvgIpc) is 2.31. The number of nitrogens with one attached hydrogen (secondary N) is 1. The van der Waals surface area contributed by atoms with Gasteiger partial charge in [-0.2, -0.15) is 0 Å².